The van der Waals surface area contributed by atoms with Crippen LogP contribution in [-0.4, -0.2) is 66.6 Å². The van der Waals surface area contributed by atoms with Gasteiger partial charge in [0, 0.05) is 24.5 Å². The van der Waals surface area contributed by atoms with E-state index in [1.54, 1.807) is 14.2 Å². The van der Waals surface area contributed by atoms with E-state index in [9.17, 15) is 0 Å². The molecule has 9 heteroatoms. The van der Waals surface area contributed by atoms with Gasteiger partial charge in [0.2, 0.25) is 5.95 Å². The highest BCUT2D eigenvalue weighted by atomic mass is 16.5. The number of imidazole rings is 1. The molecule has 0 spiro atoms. The second-order valence-electron chi connectivity index (χ2n) is 10.5. The van der Waals surface area contributed by atoms with Crippen molar-refractivity contribution in [2.24, 2.45) is 0 Å². The number of methoxy groups -OCH3 is 2. The lowest BCUT2D eigenvalue weighted by Crippen LogP contribution is -2.56. The number of fused-ring (bicyclic) bond motifs is 1. The molecule has 2 fully saturated rings. The van der Waals surface area contributed by atoms with Gasteiger partial charge in [-0.1, -0.05) is 18.2 Å². The summed E-state index contributed by atoms with van der Waals surface area (Å²) >= 11 is 0. The van der Waals surface area contributed by atoms with Crippen LogP contribution in [0.15, 0.2) is 42.5 Å². The summed E-state index contributed by atoms with van der Waals surface area (Å²) in [6.45, 7) is 6.36. The molecule has 2 saturated heterocycles. The summed E-state index contributed by atoms with van der Waals surface area (Å²) in [5.41, 5.74) is 3.18. The monoisotopic (exact) mass is 532 g/mol. The largest absolute Gasteiger partial charge is 0.493 e. The van der Waals surface area contributed by atoms with Gasteiger partial charge in [0.15, 0.2) is 11.5 Å². The summed E-state index contributed by atoms with van der Waals surface area (Å²) in [4.78, 5) is 7.55. The van der Waals surface area contributed by atoms with Gasteiger partial charge in [0.1, 0.15) is 12.8 Å². The third-order valence-electron chi connectivity index (χ3n) is 8.34. The van der Waals surface area contributed by atoms with Crippen molar-refractivity contribution in [3.05, 3.63) is 48.0 Å². The van der Waals surface area contributed by atoms with Gasteiger partial charge in [0.25, 0.3) is 0 Å². The molecule has 0 aliphatic carbocycles. The summed E-state index contributed by atoms with van der Waals surface area (Å²) in [6.07, 6.45) is 4.28. The molecular formula is C30H40N6O3. The van der Waals surface area contributed by atoms with Crippen molar-refractivity contribution in [1.82, 2.24) is 19.8 Å². The summed E-state index contributed by atoms with van der Waals surface area (Å²) in [5, 5.41) is 16.7. The Bertz CT molecular complexity index is 1300. The Labute approximate surface area is 231 Å². The molecule has 0 radical (unpaired) electrons. The van der Waals surface area contributed by atoms with E-state index in [0.29, 0.717) is 18.0 Å². The zero-order chi connectivity index (χ0) is 27.4. The third-order valence-corrected chi connectivity index (χ3v) is 8.34. The molecule has 5 atom stereocenters. The minimum atomic E-state index is -0.319. The van der Waals surface area contributed by atoms with E-state index in [4.69, 9.17) is 24.5 Å². The Morgan fingerprint density at radius 3 is 2.72 bits per heavy atom. The molecule has 5 unspecified atom stereocenters. The van der Waals surface area contributed by atoms with Gasteiger partial charge in [-0.2, -0.15) is 5.26 Å². The molecule has 39 heavy (non-hydrogen) atoms. The summed E-state index contributed by atoms with van der Waals surface area (Å²) < 4.78 is 19.0. The Kier molecular flexibility index (Phi) is 8.56. The molecule has 1 aromatic heterocycles. The first kappa shape index (κ1) is 27.3. The van der Waals surface area contributed by atoms with E-state index in [1.165, 1.54) is 18.4 Å². The quantitative estimate of drug-likeness (QED) is 0.382. The number of hydrogen-bond acceptors (Lipinski definition) is 8. The number of benzene rings is 2. The second kappa shape index (κ2) is 12.2. The lowest BCUT2D eigenvalue weighted by molar-refractivity contribution is 0.0409. The van der Waals surface area contributed by atoms with Crippen LogP contribution in [-0.2, 0) is 4.74 Å². The van der Waals surface area contributed by atoms with Crippen LogP contribution in [0.2, 0.25) is 0 Å². The zero-order valence-corrected chi connectivity index (χ0v) is 23.4. The Morgan fingerprint density at radius 1 is 1.10 bits per heavy atom. The van der Waals surface area contributed by atoms with Crippen molar-refractivity contribution in [2.45, 2.75) is 69.9 Å². The number of para-hydroxylation sites is 2. The maximum Gasteiger partial charge on any atom is 0.207 e. The lowest BCUT2D eigenvalue weighted by atomic mass is 9.87. The van der Waals surface area contributed by atoms with Gasteiger partial charge >= 0.3 is 0 Å². The molecule has 2 N–H and O–H groups in total. The molecule has 2 aliphatic rings. The van der Waals surface area contributed by atoms with Gasteiger partial charge in [-0.25, -0.2) is 4.98 Å². The Balaban J connectivity index is 1.40. The number of piperidine rings is 1. The van der Waals surface area contributed by atoms with Crippen LogP contribution < -0.4 is 20.1 Å². The van der Waals surface area contributed by atoms with Gasteiger partial charge in [-0.3, -0.25) is 9.47 Å². The van der Waals surface area contributed by atoms with Crippen LogP contribution in [0, 0.1) is 11.3 Å². The van der Waals surface area contributed by atoms with Crippen molar-refractivity contribution in [1.29, 1.82) is 5.26 Å². The molecule has 3 aromatic rings. The second-order valence-corrected chi connectivity index (χ2v) is 10.5. The van der Waals surface area contributed by atoms with Crippen molar-refractivity contribution >= 4 is 17.0 Å². The topological polar surface area (TPSA) is 96.6 Å². The molecule has 2 aliphatic heterocycles. The van der Waals surface area contributed by atoms with Crippen molar-refractivity contribution < 1.29 is 14.2 Å². The van der Waals surface area contributed by atoms with E-state index in [-0.39, 0.29) is 19.0 Å². The van der Waals surface area contributed by atoms with Crippen LogP contribution in [0.1, 0.15) is 57.2 Å². The average molecular weight is 533 g/mol. The van der Waals surface area contributed by atoms with Crippen LogP contribution >= 0.6 is 0 Å². The SMILES string of the molecule is COc1ccc(C2CCNC2C(C)N2CCCCC2Nc2nc3ccccc3n2C(C)OCC#N)cc1OC. The number of aromatic nitrogens is 2. The van der Waals surface area contributed by atoms with Crippen LogP contribution in [0.25, 0.3) is 11.0 Å². The fraction of sp³-hybridized carbons (Fsp3) is 0.533. The minimum absolute atomic E-state index is 0.0323. The molecule has 0 bridgehead atoms. The highest BCUT2D eigenvalue weighted by molar-refractivity contribution is 5.78. The molecule has 0 amide bonds. The predicted octanol–water partition coefficient (Wildman–Crippen LogP) is 4.87. The van der Waals surface area contributed by atoms with E-state index >= 15 is 0 Å². The number of anilines is 1. The fourth-order valence-corrected chi connectivity index (χ4v) is 6.39. The number of ether oxygens (including phenoxy) is 3. The normalized spacial score (nSPS) is 23.3. The molecule has 3 heterocycles. The van der Waals surface area contributed by atoms with Crippen LogP contribution in [0.5, 0.6) is 11.5 Å². The molecule has 208 valence electrons. The number of likely N-dealkylation sites (tertiary alicyclic amines) is 1. The van der Waals surface area contributed by atoms with Crippen molar-refractivity contribution in [2.75, 3.05) is 39.2 Å². The standard InChI is InChI=1S/C30H40N6O3/c1-20(29-23(14-16-32-29)22-12-13-26(37-3)27(19-22)38-4)35-17-8-7-11-28(35)34-30-33-24-9-5-6-10-25(24)36(30)21(2)39-18-15-31/h5-6,9-10,12-13,19-21,23,28-29,32H,7-8,11,14,16-18H2,1-4H3,(H,33,34). The van der Waals surface area contributed by atoms with E-state index < -0.39 is 0 Å². The summed E-state index contributed by atoms with van der Waals surface area (Å²) in [6, 6.07) is 17.1. The van der Waals surface area contributed by atoms with E-state index in [0.717, 1.165) is 54.4 Å². The fourth-order valence-electron chi connectivity index (χ4n) is 6.39. The van der Waals surface area contributed by atoms with Crippen LogP contribution in [0.3, 0.4) is 0 Å². The van der Waals surface area contributed by atoms with Gasteiger partial charge < -0.3 is 24.8 Å². The molecule has 2 aromatic carbocycles. The van der Waals surface area contributed by atoms with E-state index in [2.05, 4.69) is 51.3 Å². The average Bonchev–Trinajstić information content (AvgIpc) is 3.60. The van der Waals surface area contributed by atoms with Crippen LogP contribution in [0.4, 0.5) is 5.95 Å². The number of rotatable bonds is 10. The maximum absolute atomic E-state index is 9.07. The van der Waals surface area contributed by atoms with Crippen molar-refractivity contribution in [3.63, 3.8) is 0 Å². The van der Waals surface area contributed by atoms with Gasteiger partial charge in [-0.15, -0.1) is 0 Å². The summed E-state index contributed by atoms with van der Waals surface area (Å²) in [5.74, 6) is 2.69. The predicted molar refractivity (Wildman–Crippen MR) is 152 cm³/mol. The highest BCUT2D eigenvalue weighted by Gasteiger charge is 2.38. The smallest absolute Gasteiger partial charge is 0.207 e. The number of nitriles is 1. The summed E-state index contributed by atoms with van der Waals surface area (Å²) in [7, 11) is 3.37. The third kappa shape index (κ3) is 5.55. The number of nitrogens with one attached hydrogen (secondary N) is 2. The first-order chi connectivity index (χ1) is 19.0. The Morgan fingerprint density at radius 2 is 1.92 bits per heavy atom. The lowest BCUT2D eigenvalue weighted by Gasteiger charge is -2.43. The Hall–Kier alpha value is -3.32. The zero-order valence-electron chi connectivity index (χ0n) is 23.4. The molecular weight excluding hydrogens is 492 g/mol. The highest BCUT2D eigenvalue weighted by Crippen LogP contribution is 2.37. The van der Waals surface area contributed by atoms with Gasteiger partial charge in [-0.05, 0) is 75.9 Å². The molecule has 9 nitrogen and oxygen atoms in total. The van der Waals surface area contributed by atoms with Gasteiger partial charge in [0.05, 0.1) is 37.5 Å². The maximum atomic E-state index is 9.07. The number of hydrogen-bond donors (Lipinski definition) is 2. The minimum Gasteiger partial charge on any atom is -0.493 e. The molecule has 0 saturated carbocycles. The van der Waals surface area contributed by atoms with E-state index in [1.807, 2.05) is 31.2 Å². The molecule has 5 rings (SSSR count). The van der Waals surface area contributed by atoms with Crippen molar-refractivity contribution in [3.8, 4) is 17.6 Å². The first-order valence-corrected chi connectivity index (χ1v) is 14.0. The first-order valence-electron chi connectivity index (χ1n) is 14.0. The number of nitrogens with zero attached hydrogens (tertiary/aromatic N) is 4.